The summed E-state index contributed by atoms with van der Waals surface area (Å²) in [5.41, 5.74) is 1.50. The van der Waals surface area contributed by atoms with E-state index in [1.807, 2.05) is 6.08 Å². The zero-order valence-electron chi connectivity index (χ0n) is 18.7. The Kier molecular flexibility index (Phi) is 4.25. The molecule has 0 aromatic heterocycles. The number of rotatable bonds is 1. The van der Waals surface area contributed by atoms with E-state index in [2.05, 4.69) is 20.8 Å². The van der Waals surface area contributed by atoms with E-state index in [1.165, 1.54) is 12.0 Å². The van der Waals surface area contributed by atoms with Crippen molar-refractivity contribution in [3.8, 4) is 0 Å². The Morgan fingerprint density at radius 1 is 0.833 bits per heavy atom. The maximum absolute atomic E-state index is 13.6. The molecule has 1 spiro atoms. The van der Waals surface area contributed by atoms with Crippen molar-refractivity contribution in [2.45, 2.75) is 77.3 Å². The highest BCUT2D eigenvalue weighted by Crippen LogP contribution is 2.68. The second kappa shape index (κ2) is 6.40. The van der Waals surface area contributed by atoms with E-state index in [9.17, 15) is 4.79 Å². The van der Waals surface area contributed by atoms with Crippen LogP contribution in [0.3, 0.4) is 0 Å². The SMILES string of the molecule is CC1(C2CCC3C4C(=O)C=C5CC6(CCC5(C)C4CCC32C)OCCO6)OCCO1. The van der Waals surface area contributed by atoms with Gasteiger partial charge in [0.2, 0.25) is 0 Å². The van der Waals surface area contributed by atoms with E-state index in [1.54, 1.807) is 0 Å². The van der Waals surface area contributed by atoms with Crippen LogP contribution in [-0.4, -0.2) is 43.8 Å². The molecule has 6 aliphatic rings. The van der Waals surface area contributed by atoms with E-state index in [0.717, 1.165) is 38.5 Å². The number of hydrogen-bond acceptors (Lipinski definition) is 5. The van der Waals surface area contributed by atoms with Crippen molar-refractivity contribution >= 4 is 5.78 Å². The average molecular weight is 417 g/mol. The number of carbonyl (C=O) groups is 1. The zero-order chi connectivity index (χ0) is 20.8. The quantitative estimate of drug-likeness (QED) is 0.640. The Labute approximate surface area is 179 Å². The van der Waals surface area contributed by atoms with Crippen LogP contribution in [0.4, 0.5) is 0 Å². The smallest absolute Gasteiger partial charge is 0.172 e. The molecule has 6 atom stereocenters. The van der Waals surface area contributed by atoms with Crippen molar-refractivity contribution in [3.63, 3.8) is 0 Å². The van der Waals surface area contributed by atoms with E-state index in [0.29, 0.717) is 50.0 Å². The van der Waals surface area contributed by atoms with Gasteiger partial charge >= 0.3 is 0 Å². The van der Waals surface area contributed by atoms with E-state index in [-0.39, 0.29) is 16.7 Å². The molecule has 0 bridgehead atoms. The van der Waals surface area contributed by atoms with Crippen molar-refractivity contribution in [2.24, 2.45) is 34.5 Å². The molecule has 30 heavy (non-hydrogen) atoms. The Bertz CT molecular complexity index is 776. The lowest BCUT2D eigenvalue weighted by molar-refractivity contribution is -0.216. The van der Waals surface area contributed by atoms with Gasteiger partial charge in [-0.05, 0) is 67.8 Å². The van der Waals surface area contributed by atoms with Crippen LogP contribution in [0, 0.1) is 34.5 Å². The van der Waals surface area contributed by atoms with Gasteiger partial charge in [-0.1, -0.05) is 19.4 Å². The van der Waals surface area contributed by atoms with Crippen molar-refractivity contribution in [1.29, 1.82) is 0 Å². The lowest BCUT2D eigenvalue weighted by Gasteiger charge is -2.58. The number of ether oxygens (including phenoxy) is 4. The molecule has 5 heteroatoms. The highest BCUT2D eigenvalue weighted by atomic mass is 16.7. The van der Waals surface area contributed by atoms with Crippen LogP contribution in [-0.2, 0) is 23.7 Å². The fraction of sp³-hybridized carbons (Fsp3) is 0.880. The first kappa shape index (κ1) is 19.9. The summed E-state index contributed by atoms with van der Waals surface area (Å²) in [7, 11) is 0. The van der Waals surface area contributed by atoms with Crippen molar-refractivity contribution in [3.05, 3.63) is 11.6 Å². The predicted octanol–water partition coefficient (Wildman–Crippen LogP) is 4.25. The van der Waals surface area contributed by atoms with Gasteiger partial charge in [0, 0.05) is 24.7 Å². The minimum atomic E-state index is -0.479. The molecule has 0 amide bonds. The predicted molar refractivity (Wildman–Crippen MR) is 111 cm³/mol. The van der Waals surface area contributed by atoms with Gasteiger partial charge in [0.25, 0.3) is 0 Å². The van der Waals surface area contributed by atoms with Gasteiger partial charge in [-0.2, -0.15) is 0 Å². The minimum Gasteiger partial charge on any atom is -0.348 e. The number of ketones is 1. The fourth-order valence-electron chi connectivity index (χ4n) is 8.69. The summed E-state index contributed by atoms with van der Waals surface area (Å²) in [5, 5.41) is 0. The summed E-state index contributed by atoms with van der Waals surface area (Å²) in [6.45, 7) is 9.71. The normalized spacial score (nSPS) is 48.9. The molecule has 6 unspecified atom stereocenters. The molecule has 0 aromatic rings. The summed E-state index contributed by atoms with van der Waals surface area (Å²) in [5.74, 6) is 0.810. The fourth-order valence-corrected chi connectivity index (χ4v) is 8.69. The molecule has 4 aliphatic carbocycles. The first-order valence-electron chi connectivity index (χ1n) is 12.1. The summed E-state index contributed by atoms with van der Waals surface area (Å²) in [4.78, 5) is 13.6. The van der Waals surface area contributed by atoms with Crippen molar-refractivity contribution < 1.29 is 23.7 Å². The zero-order valence-corrected chi connectivity index (χ0v) is 18.7. The van der Waals surface area contributed by atoms with Crippen LogP contribution in [0.2, 0.25) is 0 Å². The second-order valence-electron chi connectivity index (χ2n) is 11.4. The molecule has 3 saturated carbocycles. The number of carbonyl (C=O) groups excluding carboxylic acids is 1. The van der Waals surface area contributed by atoms with Gasteiger partial charge in [0.15, 0.2) is 17.4 Å². The molecule has 2 aliphatic heterocycles. The van der Waals surface area contributed by atoms with Crippen molar-refractivity contribution in [1.82, 2.24) is 0 Å². The lowest BCUT2D eigenvalue weighted by Crippen LogP contribution is -2.56. The van der Waals surface area contributed by atoms with E-state index >= 15 is 0 Å². The number of hydrogen-bond donors (Lipinski definition) is 0. The van der Waals surface area contributed by atoms with Crippen LogP contribution in [0.25, 0.3) is 0 Å². The first-order chi connectivity index (χ1) is 14.3. The monoisotopic (exact) mass is 416 g/mol. The molecule has 0 aromatic carbocycles. The molecule has 5 nitrogen and oxygen atoms in total. The number of fused-ring (bicyclic) bond motifs is 5. The maximum atomic E-state index is 13.6. The summed E-state index contributed by atoms with van der Waals surface area (Å²) in [6.07, 6.45) is 9.29. The molecule has 0 N–H and O–H groups in total. The van der Waals surface area contributed by atoms with E-state index in [4.69, 9.17) is 18.9 Å². The largest absolute Gasteiger partial charge is 0.348 e. The minimum absolute atomic E-state index is 0.100. The lowest BCUT2D eigenvalue weighted by atomic mass is 9.46. The Hall–Kier alpha value is -0.750. The van der Waals surface area contributed by atoms with E-state index < -0.39 is 11.6 Å². The molecular weight excluding hydrogens is 380 g/mol. The third kappa shape index (κ3) is 2.52. The average Bonchev–Trinajstić information content (AvgIpc) is 3.43. The Balaban J connectivity index is 1.33. The molecule has 2 heterocycles. The third-order valence-electron chi connectivity index (χ3n) is 10.3. The number of allylic oxidation sites excluding steroid dienone is 1. The van der Waals surface area contributed by atoms with Gasteiger partial charge in [0.05, 0.1) is 26.4 Å². The molecule has 0 radical (unpaired) electrons. The van der Waals surface area contributed by atoms with Gasteiger partial charge < -0.3 is 18.9 Å². The van der Waals surface area contributed by atoms with Gasteiger partial charge in [-0.25, -0.2) is 0 Å². The molecule has 2 saturated heterocycles. The van der Waals surface area contributed by atoms with Gasteiger partial charge in [0.1, 0.15) is 0 Å². The molecule has 5 fully saturated rings. The molecule has 6 rings (SSSR count). The highest BCUT2D eigenvalue weighted by Gasteiger charge is 2.65. The molecule has 166 valence electrons. The van der Waals surface area contributed by atoms with Crippen LogP contribution in [0.1, 0.15) is 65.7 Å². The van der Waals surface area contributed by atoms with Crippen LogP contribution >= 0.6 is 0 Å². The summed E-state index contributed by atoms with van der Waals surface area (Å²) < 4.78 is 24.3. The van der Waals surface area contributed by atoms with Gasteiger partial charge in [-0.3, -0.25) is 4.79 Å². The van der Waals surface area contributed by atoms with Crippen LogP contribution in [0.15, 0.2) is 11.6 Å². The molecular formula is C25H36O5. The van der Waals surface area contributed by atoms with Gasteiger partial charge in [-0.15, -0.1) is 0 Å². The topological polar surface area (TPSA) is 54.0 Å². The highest BCUT2D eigenvalue weighted by molar-refractivity contribution is 5.94. The first-order valence-corrected chi connectivity index (χ1v) is 12.1. The van der Waals surface area contributed by atoms with Crippen LogP contribution < -0.4 is 0 Å². The Morgan fingerprint density at radius 2 is 1.53 bits per heavy atom. The standard InChI is InChI=1S/C25H36O5/c1-22-8-9-25(29-12-13-30-25)15-16(22)14-19(26)21-17-4-5-20(24(3)27-10-11-28-24)23(17,2)7-6-18(21)22/h14,17-18,20-21H,4-13,15H2,1-3H3. The second-order valence-corrected chi connectivity index (χ2v) is 11.4. The summed E-state index contributed by atoms with van der Waals surface area (Å²) in [6, 6.07) is 0. The summed E-state index contributed by atoms with van der Waals surface area (Å²) >= 11 is 0. The van der Waals surface area contributed by atoms with Crippen molar-refractivity contribution in [2.75, 3.05) is 26.4 Å². The maximum Gasteiger partial charge on any atom is 0.172 e. The third-order valence-corrected chi connectivity index (χ3v) is 10.3. The van der Waals surface area contributed by atoms with Crippen LogP contribution in [0.5, 0.6) is 0 Å². The Morgan fingerprint density at radius 3 is 2.27 bits per heavy atom.